The summed E-state index contributed by atoms with van der Waals surface area (Å²) in [6.45, 7) is 2.69. The summed E-state index contributed by atoms with van der Waals surface area (Å²) < 4.78 is 42.4. The van der Waals surface area contributed by atoms with E-state index in [1.54, 1.807) is 0 Å². The van der Waals surface area contributed by atoms with Crippen LogP contribution in [-0.2, 0) is 52.3 Å². The largest absolute Gasteiger partial charge is 0.514 e. The van der Waals surface area contributed by atoms with Crippen molar-refractivity contribution in [3.8, 4) is 5.75 Å². The summed E-state index contributed by atoms with van der Waals surface area (Å²) in [4.78, 5) is 72.3. The Labute approximate surface area is 242 Å². The van der Waals surface area contributed by atoms with Crippen molar-refractivity contribution in [2.45, 2.75) is 64.5 Å². The maximum Gasteiger partial charge on any atom is 0.514 e. The predicted molar refractivity (Wildman–Crippen MR) is 136 cm³/mol. The first-order valence-corrected chi connectivity index (χ1v) is 12.4. The molecule has 1 aliphatic rings. The fourth-order valence-corrected chi connectivity index (χ4v) is 3.67. The van der Waals surface area contributed by atoms with Gasteiger partial charge in [-0.3, -0.25) is 29.3 Å². The quantitative estimate of drug-likeness (QED) is 0.0450. The van der Waals surface area contributed by atoms with Crippen molar-refractivity contribution >= 4 is 35.7 Å². The molecule has 1 aromatic rings. The topological polar surface area (TPSA) is 251 Å². The number of carbonyl (C=O) groups is 5. The lowest BCUT2D eigenvalue weighted by Crippen LogP contribution is -2.63. The van der Waals surface area contributed by atoms with E-state index in [2.05, 4.69) is 10.0 Å². The van der Waals surface area contributed by atoms with E-state index in [0.29, 0.717) is 0 Å². The fraction of sp³-hybridized carbons (Fsp3) is 0.542. The highest BCUT2D eigenvalue weighted by Crippen LogP contribution is 2.30. The summed E-state index contributed by atoms with van der Waals surface area (Å²) >= 11 is 0. The zero-order valence-electron chi connectivity index (χ0n) is 23.3. The molecule has 0 amide bonds. The third-order valence-electron chi connectivity index (χ3n) is 5.25. The number of hydrogen-bond acceptors (Lipinski definition) is 16. The Morgan fingerprint density at radius 1 is 0.953 bits per heavy atom. The molecule has 19 nitrogen and oxygen atoms in total. The lowest BCUT2D eigenvalue weighted by Gasteiger charge is -2.44. The van der Waals surface area contributed by atoms with Crippen LogP contribution in [0.5, 0.6) is 5.75 Å². The molecule has 6 atom stereocenters. The van der Waals surface area contributed by atoms with Crippen molar-refractivity contribution in [2.24, 2.45) is 5.11 Å². The minimum Gasteiger partial charge on any atom is -0.463 e. The van der Waals surface area contributed by atoms with E-state index in [-0.39, 0.29) is 11.4 Å². The van der Waals surface area contributed by atoms with Gasteiger partial charge in [-0.2, -0.15) is 0 Å². The molecule has 234 valence electrons. The number of nitro benzene ring substituents is 1. The van der Waals surface area contributed by atoms with Crippen molar-refractivity contribution < 1.29 is 66.8 Å². The molecule has 0 spiro atoms. The molecule has 0 aromatic heterocycles. The van der Waals surface area contributed by atoms with Gasteiger partial charge in [-0.1, -0.05) is 5.11 Å². The molecule has 1 saturated heterocycles. The van der Waals surface area contributed by atoms with Gasteiger partial charge in [0.2, 0.25) is 0 Å². The van der Waals surface area contributed by atoms with E-state index in [9.17, 15) is 34.1 Å². The number of rotatable bonds is 13. The number of esters is 4. The first-order valence-electron chi connectivity index (χ1n) is 12.4. The number of azide groups is 1. The monoisotopic (exact) mass is 612 g/mol. The van der Waals surface area contributed by atoms with Crippen LogP contribution in [0, 0.1) is 10.1 Å². The number of ether oxygens (including phenoxy) is 8. The molecule has 0 bridgehead atoms. The number of non-ortho nitro benzene ring substituents is 1. The molecular formula is C24H28N4O15. The van der Waals surface area contributed by atoms with Crippen LogP contribution in [0.3, 0.4) is 0 Å². The second kappa shape index (κ2) is 16.4. The van der Waals surface area contributed by atoms with Gasteiger partial charge < -0.3 is 37.9 Å². The third-order valence-corrected chi connectivity index (χ3v) is 5.25. The Balaban J connectivity index is 2.28. The highest BCUT2D eigenvalue weighted by Gasteiger charge is 2.53. The number of benzene rings is 1. The van der Waals surface area contributed by atoms with Crippen molar-refractivity contribution in [1.29, 1.82) is 0 Å². The summed E-state index contributed by atoms with van der Waals surface area (Å²) in [5.41, 5.74) is 8.50. The molecule has 1 aromatic carbocycles. The molecule has 0 saturated carbocycles. The van der Waals surface area contributed by atoms with Gasteiger partial charge >= 0.3 is 30.0 Å². The third kappa shape index (κ3) is 11.4. The van der Waals surface area contributed by atoms with Gasteiger partial charge in [-0.25, -0.2) is 4.79 Å². The maximum absolute atomic E-state index is 12.4. The van der Waals surface area contributed by atoms with Crippen LogP contribution in [0.2, 0.25) is 0 Å². The van der Waals surface area contributed by atoms with E-state index in [1.807, 2.05) is 0 Å². The summed E-state index contributed by atoms with van der Waals surface area (Å²) in [5.74, 6) is -3.37. The second-order valence-corrected chi connectivity index (χ2v) is 8.66. The molecule has 0 aliphatic carbocycles. The van der Waals surface area contributed by atoms with E-state index < -0.39 is 91.5 Å². The lowest BCUT2D eigenvalue weighted by atomic mass is 9.98. The van der Waals surface area contributed by atoms with Gasteiger partial charge in [0.05, 0.1) is 18.1 Å². The van der Waals surface area contributed by atoms with Gasteiger partial charge in [0.25, 0.3) is 5.69 Å². The first-order chi connectivity index (χ1) is 20.3. The van der Waals surface area contributed by atoms with E-state index in [4.69, 9.17) is 43.4 Å². The Morgan fingerprint density at radius 2 is 1.53 bits per heavy atom. The number of carbonyl (C=O) groups excluding carboxylic acids is 5. The summed E-state index contributed by atoms with van der Waals surface area (Å²) in [5, 5.41) is 14.1. The van der Waals surface area contributed by atoms with Crippen molar-refractivity contribution in [2.75, 3.05) is 19.8 Å². The van der Waals surface area contributed by atoms with Crippen LogP contribution in [0.4, 0.5) is 10.5 Å². The molecule has 1 aliphatic heterocycles. The average Bonchev–Trinajstić information content (AvgIpc) is 2.91. The molecule has 19 heteroatoms. The van der Waals surface area contributed by atoms with Gasteiger partial charge in [-0.05, 0) is 17.7 Å². The van der Waals surface area contributed by atoms with Gasteiger partial charge in [0, 0.05) is 44.7 Å². The molecular weight excluding hydrogens is 584 g/mol. The van der Waals surface area contributed by atoms with Crippen LogP contribution < -0.4 is 4.74 Å². The lowest BCUT2D eigenvalue weighted by molar-refractivity contribution is -0.384. The van der Waals surface area contributed by atoms with Crippen molar-refractivity contribution in [1.82, 2.24) is 0 Å². The molecule has 2 rings (SSSR count). The fourth-order valence-electron chi connectivity index (χ4n) is 3.67. The van der Waals surface area contributed by atoms with Gasteiger partial charge in [0.1, 0.15) is 24.6 Å². The zero-order valence-corrected chi connectivity index (χ0v) is 23.3. The number of nitro groups is 1. The van der Waals surface area contributed by atoms with Crippen LogP contribution in [0.15, 0.2) is 29.4 Å². The summed E-state index contributed by atoms with van der Waals surface area (Å²) in [6.07, 6.45) is -9.98. The normalized spacial score (nSPS) is 21.6. The van der Waals surface area contributed by atoms with E-state index in [0.717, 1.165) is 52.0 Å². The Morgan fingerprint density at radius 3 is 2.07 bits per heavy atom. The van der Waals surface area contributed by atoms with E-state index >= 15 is 0 Å². The zero-order chi connectivity index (χ0) is 32.1. The highest BCUT2D eigenvalue weighted by atomic mass is 16.8. The van der Waals surface area contributed by atoms with Crippen LogP contribution in [0.1, 0.15) is 27.7 Å². The predicted octanol–water partition coefficient (Wildman–Crippen LogP) is 1.89. The van der Waals surface area contributed by atoms with Gasteiger partial charge in [0.15, 0.2) is 24.6 Å². The van der Waals surface area contributed by atoms with Gasteiger partial charge in [-0.15, -0.1) is 0 Å². The minimum absolute atomic E-state index is 0.0985. The Hall–Kier alpha value is -5.00. The molecule has 1 fully saturated rings. The first kappa shape index (κ1) is 34.2. The van der Waals surface area contributed by atoms with Crippen molar-refractivity contribution in [3.05, 3.63) is 44.8 Å². The standard InChI is InChI=1S/C24H28N4O15/c1-12(29)36-11-19-20(38-13(2)30)21(39-14(3)31)22(40-15(4)32)23(43-19)37-10-18(9-26-27-25)42-24(33)41-17-7-5-16(6-8-17)28(34)35/h5-8,18-23H,9-11H2,1-4H3/t18?,19-,20+,21+,22-,23+/m1/s1. The average molecular weight is 613 g/mol. The minimum atomic E-state index is -1.59. The molecule has 1 heterocycles. The number of hydrogen-bond donors (Lipinski definition) is 0. The highest BCUT2D eigenvalue weighted by molar-refractivity contribution is 5.69. The van der Waals surface area contributed by atoms with E-state index in [1.165, 1.54) is 0 Å². The molecule has 1 unspecified atom stereocenters. The molecule has 43 heavy (non-hydrogen) atoms. The number of nitrogens with zero attached hydrogens (tertiary/aromatic N) is 4. The van der Waals surface area contributed by atoms with Crippen LogP contribution in [-0.4, -0.2) is 91.5 Å². The van der Waals surface area contributed by atoms with Crippen LogP contribution in [0.25, 0.3) is 10.4 Å². The SMILES string of the molecule is CC(=O)OC[C@H]1O[C@H](OCC(CN=[N+]=[N-])OC(=O)Oc2ccc([N+](=O)[O-])cc2)[C@H](OC(C)=O)[C@@H](OC(C)=O)[C@H]1OC(C)=O. The summed E-state index contributed by atoms with van der Waals surface area (Å²) in [7, 11) is 0. The second-order valence-electron chi connectivity index (χ2n) is 8.66. The summed E-state index contributed by atoms with van der Waals surface area (Å²) in [6, 6.07) is 4.48. The van der Waals surface area contributed by atoms with Crippen molar-refractivity contribution in [3.63, 3.8) is 0 Å². The Kier molecular flexibility index (Phi) is 13.1. The molecule has 0 N–H and O–H groups in total. The maximum atomic E-state index is 12.4. The molecule has 0 radical (unpaired) electrons. The Bertz CT molecular complexity index is 1230. The smallest absolute Gasteiger partial charge is 0.463 e. The van der Waals surface area contributed by atoms with Crippen LogP contribution >= 0.6 is 0 Å².